The van der Waals surface area contributed by atoms with Gasteiger partial charge in [-0.05, 0) is 12.5 Å². The highest BCUT2D eigenvalue weighted by Gasteiger charge is 2.19. The molecule has 0 N–H and O–H groups in total. The van der Waals surface area contributed by atoms with Gasteiger partial charge in [-0.1, -0.05) is 11.7 Å². The van der Waals surface area contributed by atoms with Crippen molar-refractivity contribution in [1.82, 2.24) is 5.16 Å². The Morgan fingerprint density at radius 3 is 3.00 bits per heavy atom. The van der Waals surface area contributed by atoms with Crippen LogP contribution >= 0.6 is 0 Å². The second kappa shape index (κ2) is 2.20. The maximum absolute atomic E-state index is 5.19. The molecule has 0 aromatic carbocycles. The fraction of sp³-hybridized carbons (Fsp3) is 0.375. The molecule has 1 aliphatic rings. The number of fused-ring (bicyclic) bond motifs is 1. The van der Waals surface area contributed by atoms with Crippen LogP contribution in [-0.4, -0.2) is 11.8 Å². The van der Waals surface area contributed by atoms with Crippen molar-refractivity contribution in [3.05, 3.63) is 23.6 Å². The molecule has 0 radical (unpaired) electrons. The van der Waals surface area contributed by atoms with Gasteiger partial charge in [0.05, 0.1) is 12.3 Å². The van der Waals surface area contributed by atoms with E-state index in [1.165, 1.54) is 0 Å². The molecule has 0 fully saturated rings. The second-order valence-corrected chi connectivity index (χ2v) is 2.66. The Balaban J connectivity index is 2.56. The predicted molar refractivity (Wildman–Crippen MR) is 39.9 cm³/mol. The van der Waals surface area contributed by atoms with Crippen LogP contribution in [0, 0.1) is 6.92 Å². The van der Waals surface area contributed by atoms with E-state index in [1.807, 2.05) is 6.92 Å². The lowest BCUT2D eigenvalue weighted by atomic mass is 10.1. The van der Waals surface area contributed by atoms with E-state index >= 15 is 0 Å². The first-order chi connectivity index (χ1) is 5.29. The third-order valence-electron chi connectivity index (χ3n) is 1.80. The van der Waals surface area contributed by atoms with Crippen LogP contribution in [0.15, 0.2) is 11.1 Å². The minimum atomic E-state index is 0.523. The van der Waals surface area contributed by atoms with Gasteiger partial charge in [-0.25, -0.2) is 0 Å². The van der Waals surface area contributed by atoms with Gasteiger partial charge in [0.2, 0.25) is 0 Å². The second-order valence-electron chi connectivity index (χ2n) is 2.66. The van der Waals surface area contributed by atoms with Gasteiger partial charge >= 0.3 is 0 Å². The van der Waals surface area contributed by atoms with Crippen molar-refractivity contribution in [1.29, 1.82) is 0 Å². The smallest absolute Gasteiger partial charge is 0.170 e. The summed E-state index contributed by atoms with van der Waals surface area (Å²) in [6.07, 6.45) is 0. The van der Waals surface area contributed by atoms with Crippen molar-refractivity contribution < 1.29 is 9.26 Å². The van der Waals surface area contributed by atoms with Crippen LogP contribution in [-0.2, 0) is 11.3 Å². The van der Waals surface area contributed by atoms with Gasteiger partial charge in [-0.2, -0.15) is 0 Å². The number of aromatic nitrogens is 1. The van der Waals surface area contributed by atoms with Gasteiger partial charge in [-0.15, -0.1) is 0 Å². The monoisotopic (exact) mass is 151 g/mol. The number of aryl methyl sites for hydroxylation is 1. The molecule has 0 saturated heterocycles. The van der Waals surface area contributed by atoms with Gasteiger partial charge < -0.3 is 9.26 Å². The van der Waals surface area contributed by atoms with Crippen molar-refractivity contribution in [2.45, 2.75) is 13.5 Å². The minimum absolute atomic E-state index is 0.523. The molecule has 58 valence electrons. The van der Waals surface area contributed by atoms with Crippen molar-refractivity contribution in [3.8, 4) is 0 Å². The van der Waals surface area contributed by atoms with Gasteiger partial charge in [0.1, 0.15) is 6.61 Å². The topological polar surface area (TPSA) is 35.3 Å². The standard InChI is InChI=1S/C8H9NO2/c1-5-3-10-4-7-8(5)6(2)9-11-7/h1,3-4H2,2H3. The lowest BCUT2D eigenvalue weighted by molar-refractivity contribution is 0.122. The molecule has 1 aliphatic heterocycles. The molecule has 0 bridgehead atoms. The molecule has 11 heavy (non-hydrogen) atoms. The summed E-state index contributed by atoms with van der Waals surface area (Å²) in [5.74, 6) is 0.804. The molecule has 0 unspecified atom stereocenters. The van der Waals surface area contributed by atoms with Crippen LogP contribution in [0.5, 0.6) is 0 Å². The van der Waals surface area contributed by atoms with Crippen molar-refractivity contribution in [2.75, 3.05) is 6.61 Å². The zero-order valence-electron chi connectivity index (χ0n) is 6.39. The van der Waals surface area contributed by atoms with Crippen LogP contribution in [0.2, 0.25) is 0 Å². The fourth-order valence-electron chi connectivity index (χ4n) is 1.31. The van der Waals surface area contributed by atoms with E-state index < -0.39 is 0 Å². The van der Waals surface area contributed by atoms with E-state index in [4.69, 9.17) is 9.26 Å². The lowest BCUT2D eigenvalue weighted by Gasteiger charge is -2.12. The number of hydrogen-bond acceptors (Lipinski definition) is 3. The van der Waals surface area contributed by atoms with Crippen molar-refractivity contribution in [2.24, 2.45) is 0 Å². The number of rotatable bonds is 0. The van der Waals surface area contributed by atoms with Gasteiger partial charge in [0.15, 0.2) is 5.76 Å². The molecule has 0 saturated carbocycles. The Labute approximate surface area is 64.6 Å². The average Bonchev–Trinajstić information content (AvgIpc) is 2.34. The summed E-state index contributed by atoms with van der Waals surface area (Å²) in [5, 5.41) is 3.83. The van der Waals surface area contributed by atoms with Crippen molar-refractivity contribution in [3.63, 3.8) is 0 Å². The molecular formula is C8H9NO2. The first-order valence-corrected chi connectivity index (χ1v) is 3.50. The van der Waals surface area contributed by atoms with Crippen LogP contribution in [0.4, 0.5) is 0 Å². The molecule has 2 heterocycles. The first-order valence-electron chi connectivity index (χ1n) is 3.50. The molecule has 0 aliphatic carbocycles. The molecule has 0 amide bonds. The Morgan fingerprint density at radius 2 is 2.27 bits per heavy atom. The van der Waals surface area contributed by atoms with E-state index in [0.717, 1.165) is 22.6 Å². The van der Waals surface area contributed by atoms with E-state index in [2.05, 4.69) is 11.7 Å². The van der Waals surface area contributed by atoms with Crippen LogP contribution in [0.25, 0.3) is 5.57 Å². The summed E-state index contributed by atoms with van der Waals surface area (Å²) < 4.78 is 10.2. The van der Waals surface area contributed by atoms with Gasteiger partial charge in [0.25, 0.3) is 0 Å². The highest BCUT2D eigenvalue weighted by atomic mass is 16.5. The number of hydrogen-bond donors (Lipinski definition) is 0. The number of ether oxygens (including phenoxy) is 1. The third-order valence-corrected chi connectivity index (χ3v) is 1.80. The minimum Gasteiger partial charge on any atom is -0.369 e. The number of nitrogens with zero attached hydrogens (tertiary/aromatic N) is 1. The maximum Gasteiger partial charge on any atom is 0.170 e. The molecule has 3 heteroatoms. The average molecular weight is 151 g/mol. The Hall–Kier alpha value is -1.09. The lowest BCUT2D eigenvalue weighted by Crippen LogP contribution is -2.06. The van der Waals surface area contributed by atoms with Crippen LogP contribution < -0.4 is 0 Å². The zero-order chi connectivity index (χ0) is 7.84. The summed E-state index contributed by atoms with van der Waals surface area (Å²) in [4.78, 5) is 0. The molecule has 3 nitrogen and oxygen atoms in total. The summed E-state index contributed by atoms with van der Waals surface area (Å²) in [7, 11) is 0. The molecule has 0 spiro atoms. The fourth-order valence-corrected chi connectivity index (χ4v) is 1.31. The molecular weight excluding hydrogens is 142 g/mol. The summed E-state index contributed by atoms with van der Waals surface area (Å²) in [6, 6.07) is 0. The van der Waals surface area contributed by atoms with E-state index in [9.17, 15) is 0 Å². The third kappa shape index (κ3) is 0.886. The predicted octanol–water partition coefficient (Wildman–Crippen LogP) is 1.53. The summed E-state index contributed by atoms with van der Waals surface area (Å²) in [5.41, 5.74) is 2.93. The maximum atomic E-state index is 5.19. The molecule has 1 aromatic heterocycles. The summed E-state index contributed by atoms with van der Waals surface area (Å²) in [6.45, 7) is 6.89. The molecule has 1 aromatic rings. The highest BCUT2D eigenvalue weighted by Crippen LogP contribution is 2.26. The van der Waals surface area contributed by atoms with E-state index in [0.29, 0.717) is 13.2 Å². The highest BCUT2D eigenvalue weighted by molar-refractivity contribution is 5.68. The molecule has 0 atom stereocenters. The van der Waals surface area contributed by atoms with E-state index in [1.54, 1.807) is 0 Å². The van der Waals surface area contributed by atoms with Crippen LogP contribution in [0.3, 0.4) is 0 Å². The normalized spacial score (nSPS) is 16.6. The Bertz CT molecular complexity index is 301. The Morgan fingerprint density at radius 1 is 1.45 bits per heavy atom. The largest absolute Gasteiger partial charge is 0.369 e. The first kappa shape index (κ1) is 6.61. The van der Waals surface area contributed by atoms with Crippen LogP contribution in [0.1, 0.15) is 17.0 Å². The van der Waals surface area contributed by atoms with Gasteiger partial charge in [-0.3, -0.25) is 0 Å². The SMILES string of the molecule is C=C1COCc2onc(C)c21. The zero-order valence-corrected chi connectivity index (χ0v) is 6.39. The quantitative estimate of drug-likeness (QED) is 0.564. The molecule has 2 rings (SSSR count). The van der Waals surface area contributed by atoms with Gasteiger partial charge in [0, 0.05) is 5.56 Å². The summed E-state index contributed by atoms with van der Waals surface area (Å²) >= 11 is 0. The Kier molecular flexibility index (Phi) is 1.32. The van der Waals surface area contributed by atoms with E-state index in [-0.39, 0.29) is 0 Å². The van der Waals surface area contributed by atoms with Crippen molar-refractivity contribution >= 4 is 5.57 Å².